The first-order valence-electron chi connectivity index (χ1n) is 6.07. The summed E-state index contributed by atoms with van der Waals surface area (Å²) in [5.41, 5.74) is 0.707. The third-order valence-corrected chi connectivity index (χ3v) is 2.78. The van der Waals surface area contributed by atoms with Gasteiger partial charge < -0.3 is 10.2 Å². The molecule has 2 aromatic rings. The summed E-state index contributed by atoms with van der Waals surface area (Å²) in [7, 11) is 1.75. The fourth-order valence-corrected chi connectivity index (χ4v) is 1.77. The highest BCUT2D eigenvalue weighted by molar-refractivity contribution is 5.94. The second kappa shape index (κ2) is 6.14. The van der Waals surface area contributed by atoms with Crippen LogP contribution in [0.3, 0.4) is 0 Å². The van der Waals surface area contributed by atoms with Gasteiger partial charge in [0.1, 0.15) is 11.6 Å². The Bertz CT molecular complexity index is 602. The Morgan fingerprint density at radius 1 is 1.15 bits per heavy atom. The predicted molar refractivity (Wildman–Crippen MR) is 74.7 cm³/mol. The van der Waals surface area contributed by atoms with Crippen LogP contribution in [0.5, 0.6) is 0 Å². The van der Waals surface area contributed by atoms with Crippen LogP contribution < -0.4 is 10.2 Å². The van der Waals surface area contributed by atoms with Crippen molar-refractivity contribution in [2.75, 3.05) is 23.8 Å². The fourth-order valence-electron chi connectivity index (χ4n) is 1.77. The maximum absolute atomic E-state index is 13.4. The Morgan fingerprint density at radius 2 is 1.85 bits per heavy atom. The monoisotopic (exact) mass is 276 g/mol. The van der Waals surface area contributed by atoms with Crippen molar-refractivity contribution in [3.8, 4) is 0 Å². The minimum atomic E-state index is -0.665. The SMILES string of the molecule is CN(CC(=O)Nc1cc(F)ccc1F)c1ccccc1. The van der Waals surface area contributed by atoms with Crippen molar-refractivity contribution >= 4 is 17.3 Å². The van der Waals surface area contributed by atoms with Gasteiger partial charge in [-0.15, -0.1) is 0 Å². The van der Waals surface area contributed by atoms with Gasteiger partial charge in [-0.1, -0.05) is 18.2 Å². The third kappa shape index (κ3) is 3.54. The van der Waals surface area contributed by atoms with Gasteiger partial charge in [0.05, 0.1) is 12.2 Å². The molecule has 1 N–H and O–H groups in total. The summed E-state index contributed by atoms with van der Waals surface area (Å²) in [5.74, 6) is -1.68. The number of para-hydroxylation sites is 1. The second-order valence-electron chi connectivity index (χ2n) is 4.36. The normalized spacial score (nSPS) is 10.2. The number of benzene rings is 2. The van der Waals surface area contributed by atoms with Crippen molar-refractivity contribution in [2.45, 2.75) is 0 Å². The summed E-state index contributed by atoms with van der Waals surface area (Å²) < 4.78 is 26.4. The molecule has 0 aliphatic rings. The number of hydrogen-bond acceptors (Lipinski definition) is 2. The van der Waals surface area contributed by atoms with Crippen molar-refractivity contribution < 1.29 is 13.6 Å². The zero-order valence-electron chi connectivity index (χ0n) is 10.9. The van der Waals surface area contributed by atoms with E-state index in [1.54, 1.807) is 11.9 Å². The lowest BCUT2D eigenvalue weighted by atomic mass is 10.3. The van der Waals surface area contributed by atoms with Gasteiger partial charge in [0, 0.05) is 18.8 Å². The van der Waals surface area contributed by atoms with Crippen LogP contribution in [0.25, 0.3) is 0 Å². The van der Waals surface area contributed by atoms with Crippen LogP contribution in [0.4, 0.5) is 20.2 Å². The largest absolute Gasteiger partial charge is 0.365 e. The van der Waals surface area contributed by atoms with Crippen molar-refractivity contribution in [1.29, 1.82) is 0 Å². The van der Waals surface area contributed by atoms with E-state index in [0.29, 0.717) is 0 Å². The third-order valence-electron chi connectivity index (χ3n) is 2.78. The Labute approximate surface area is 115 Å². The van der Waals surface area contributed by atoms with Crippen LogP contribution >= 0.6 is 0 Å². The summed E-state index contributed by atoms with van der Waals surface area (Å²) in [4.78, 5) is 13.5. The number of halogens is 2. The molecule has 0 saturated carbocycles. The molecule has 0 aromatic heterocycles. The predicted octanol–water partition coefficient (Wildman–Crippen LogP) is 3.04. The average molecular weight is 276 g/mol. The molecule has 104 valence electrons. The van der Waals surface area contributed by atoms with Crippen LogP contribution in [0.2, 0.25) is 0 Å². The van der Waals surface area contributed by atoms with Crippen LogP contribution in [-0.2, 0) is 4.79 Å². The van der Waals surface area contributed by atoms with E-state index < -0.39 is 17.5 Å². The molecule has 3 nitrogen and oxygen atoms in total. The van der Waals surface area contributed by atoms with E-state index in [1.807, 2.05) is 30.3 Å². The number of rotatable bonds is 4. The average Bonchev–Trinajstić information content (AvgIpc) is 2.43. The Kier molecular flexibility index (Phi) is 4.30. The molecule has 0 aliphatic carbocycles. The van der Waals surface area contributed by atoms with E-state index in [0.717, 1.165) is 23.9 Å². The van der Waals surface area contributed by atoms with Gasteiger partial charge in [0.2, 0.25) is 5.91 Å². The maximum Gasteiger partial charge on any atom is 0.243 e. The highest BCUT2D eigenvalue weighted by Crippen LogP contribution is 2.16. The minimum absolute atomic E-state index is 0.0416. The lowest BCUT2D eigenvalue weighted by Gasteiger charge is -2.18. The number of nitrogens with one attached hydrogen (secondary N) is 1. The smallest absolute Gasteiger partial charge is 0.243 e. The van der Waals surface area contributed by atoms with Gasteiger partial charge in [-0.2, -0.15) is 0 Å². The molecule has 0 fully saturated rings. The highest BCUT2D eigenvalue weighted by atomic mass is 19.1. The van der Waals surface area contributed by atoms with Gasteiger partial charge >= 0.3 is 0 Å². The number of amides is 1. The molecule has 1 amide bonds. The Morgan fingerprint density at radius 3 is 2.55 bits per heavy atom. The van der Waals surface area contributed by atoms with E-state index in [9.17, 15) is 13.6 Å². The molecule has 2 rings (SSSR count). The molecule has 0 aliphatic heterocycles. The minimum Gasteiger partial charge on any atom is -0.365 e. The van der Waals surface area contributed by atoms with Crippen LogP contribution in [-0.4, -0.2) is 19.5 Å². The summed E-state index contributed by atoms with van der Waals surface area (Å²) in [6.45, 7) is 0.0416. The number of carbonyl (C=O) groups is 1. The van der Waals surface area contributed by atoms with Crippen molar-refractivity contribution in [1.82, 2.24) is 0 Å². The second-order valence-corrected chi connectivity index (χ2v) is 4.36. The zero-order chi connectivity index (χ0) is 14.5. The number of nitrogens with zero attached hydrogens (tertiary/aromatic N) is 1. The zero-order valence-corrected chi connectivity index (χ0v) is 10.9. The van der Waals surface area contributed by atoms with Crippen LogP contribution in [0.1, 0.15) is 0 Å². The van der Waals surface area contributed by atoms with Gasteiger partial charge in [0.15, 0.2) is 0 Å². The molecule has 0 heterocycles. The quantitative estimate of drug-likeness (QED) is 0.931. The van der Waals surface area contributed by atoms with Gasteiger partial charge in [-0.25, -0.2) is 8.78 Å². The Hall–Kier alpha value is -2.43. The molecule has 0 bridgehead atoms. The molecule has 0 spiro atoms. The molecular formula is C15H14F2N2O. The standard InChI is InChI=1S/C15H14F2N2O/c1-19(12-5-3-2-4-6-12)10-15(20)18-14-9-11(16)7-8-13(14)17/h2-9H,10H2,1H3,(H,18,20). The van der Waals surface area contributed by atoms with E-state index in [4.69, 9.17) is 0 Å². The molecule has 20 heavy (non-hydrogen) atoms. The van der Waals surface area contributed by atoms with Gasteiger partial charge in [-0.05, 0) is 24.3 Å². The van der Waals surface area contributed by atoms with E-state index in [-0.39, 0.29) is 12.2 Å². The first-order valence-corrected chi connectivity index (χ1v) is 6.07. The summed E-state index contributed by atoms with van der Waals surface area (Å²) in [5, 5.41) is 2.36. The molecule has 0 atom stereocenters. The highest BCUT2D eigenvalue weighted by Gasteiger charge is 2.10. The first kappa shape index (κ1) is 14.0. The van der Waals surface area contributed by atoms with Crippen molar-refractivity contribution in [2.24, 2.45) is 0 Å². The van der Waals surface area contributed by atoms with Crippen LogP contribution in [0.15, 0.2) is 48.5 Å². The summed E-state index contributed by atoms with van der Waals surface area (Å²) in [6.07, 6.45) is 0. The summed E-state index contributed by atoms with van der Waals surface area (Å²) >= 11 is 0. The Balaban J connectivity index is 2.01. The van der Waals surface area contributed by atoms with Gasteiger partial charge in [0.25, 0.3) is 0 Å². The molecule has 0 unspecified atom stereocenters. The lowest BCUT2D eigenvalue weighted by Crippen LogP contribution is -2.30. The molecular weight excluding hydrogens is 262 g/mol. The first-order chi connectivity index (χ1) is 9.56. The molecule has 0 radical (unpaired) electrons. The maximum atomic E-state index is 13.4. The number of hydrogen-bond donors (Lipinski definition) is 1. The van der Waals surface area contributed by atoms with E-state index in [2.05, 4.69) is 5.32 Å². The van der Waals surface area contributed by atoms with Crippen molar-refractivity contribution in [3.05, 3.63) is 60.2 Å². The van der Waals surface area contributed by atoms with E-state index >= 15 is 0 Å². The molecule has 0 saturated heterocycles. The lowest BCUT2D eigenvalue weighted by molar-refractivity contribution is -0.114. The number of anilines is 2. The van der Waals surface area contributed by atoms with Crippen molar-refractivity contribution in [3.63, 3.8) is 0 Å². The number of likely N-dealkylation sites (N-methyl/N-ethyl adjacent to an activating group) is 1. The molecule has 5 heteroatoms. The summed E-state index contributed by atoms with van der Waals surface area (Å²) in [6, 6.07) is 12.2. The number of carbonyl (C=O) groups excluding carboxylic acids is 1. The van der Waals surface area contributed by atoms with E-state index in [1.165, 1.54) is 0 Å². The topological polar surface area (TPSA) is 32.3 Å². The fraction of sp³-hybridized carbons (Fsp3) is 0.133. The molecule has 2 aromatic carbocycles. The van der Waals surface area contributed by atoms with Gasteiger partial charge in [-0.3, -0.25) is 4.79 Å². The van der Waals surface area contributed by atoms with Crippen LogP contribution in [0, 0.1) is 11.6 Å².